The first-order valence-electron chi connectivity index (χ1n) is 4.97. The maximum atomic E-state index is 12.2. The molecule has 1 aromatic carbocycles. The van der Waals surface area contributed by atoms with Crippen LogP contribution in [0.1, 0.15) is 0 Å². The minimum Gasteiger partial charge on any atom is -0.377 e. The van der Waals surface area contributed by atoms with Crippen molar-refractivity contribution < 1.29 is 8.42 Å². The van der Waals surface area contributed by atoms with E-state index in [1.54, 1.807) is 24.3 Å². The third-order valence-electron chi connectivity index (χ3n) is 2.26. The molecule has 1 aliphatic rings. The Bertz CT molecular complexity index is 578. The molecular weight excluding hydrogens is 256 g/mol. The third-order valence-corrected chi connectivity index (χ3v) is 5.16. The number of rotatable bonds is 2. The molecule has 0 amide bonds. The lowest BCUT2D eigenvalue weighted by Crippen LogP contribution is -2.12. The van der Waals surface area contributed by atoms with Crippen LogP contribution < -0.4 is 5.32 Å². The summed E-state index contributed by atoms with van der Waals surface area (Å²) in [7, 11) is -3.70. The maximum absolute atomic E-state index is 12.2. The fourth-order valence-electron chi connectivity index (χ4n) is 1.46. The van der Waals surface area contributed by atoms with E-state index in [4.69, 9.17) is 5.26 Å². The summed E-state index contributed by atoms with van der Waals surface area (Å²) in [5, 5.41) is 12.4. The lowest BCUT2D eigenvalue weighted by atomic mass is 10.4. The quantitative estimate of drug-likeness (QED) is 0.821. The minimum absolute atomic E-state index is 0.151. The van der Waals surface area contributed by atoms with Crippen LogP contribution in [0.2, 0.25) is 0 Å². The Morgan fingerprint density at radius 1 is 1.35 bits per heavy atom. The van der Waals surface area contributed by atoms with E-state index in [1.165, 1.54) is 23.9 Å². The average Bonchev–Trinajstić information content (AvgIpc) is 2.84. The van der Waals surface area contributed by atoms with E-state index >= 15 is 0 Å². The van der Waals surface area contributed by atoms with Crippen molar-refractivity contribution in [3.8, 4) is 6.07 Å². The van der Waals surface area contributed by atoms with Crippen LogP contribution >= 0.6 is 11.8 Å². The van der Waals surface area contributed by atoms with Crippen LogP contribution in [0.3, 0.4) is 0 Å². The minimum atomic E-state index is -3.70. The van der Waals surface area contributed by atoms with E-state index in [1.807, 2.05) is 0 Å². The van der Waals surface area contributed by atoms with Crippen molar-refractivity contribution in [3.05, 3.63) is 40.3 Å². The molecule has 0 aliphatic carbocycles. The van der Waals surface area contributed by atoms with Crippen LogP contribution in [0.25, 0.3) is 0 Å². The van der Waals surface area contributed by atoms with Crippen molar-refractivity contribution in [2.24, 2.45) is 0 Å². The molecule has 1 fully saturated rings. The predicted octanol–water partition coefficient (Wildman–Crippen LogP) is 1.49. The zero-order chi connectivity index (χ0) is 12.3. The van der Waals surface area contributed by atoms with Crippen molar-refractivity contribution in [3.63, 3.8) is 0 Å². The predicted molar refractivity (Wildman–Crippen MR) is 66.7 cm³/mol. The van der Waals surface area contributed by atoms with Crippen molar-refractivity contribution in [2.75, 3.05) is 12.3 Å². The van der Waals surface area contributed by atoms with Gasteiger partial charge in [0, 0.05) is 12.3 Å². The van der Waals surface area contributed by atoms with E-state index < -0.39 is 9.84 Å². The highest BCUT2D eigenvalue weighted by Gasteiger charge is 2.26. The van der Waals surface area contributed by atoms with E-state index in [9.17, 15) is 8.42 Å². The molecule has 17 heavy (non-hydrogen) atoms. The number of allylic oxidation sites excluding steroid dienone is 1. The zero-order valence-electron chi connectivity index (χ0n) is 8.88. The number of thioether (sulfide) groups is 1. The highest BCUT2D eigenvalue weighted by Crippen LogP contribution is 2.28. The Morgan fingerprint density at radius 3 is 2.59 bits per heavy atom. The van der Waals surface area contributed by atoms with Gasteiger partial charge in [-0.1, -0.05) is 18.2 Å². The zero-order valence-corrected chi connectivity index (χ0v) is 10.5. The number of sulfone groups is 1. The molecule has 4 nitrogen and oxygen atoms in total. The highest BCUT2D eigenvalue weighted by molar-refractivity contribution is 8.04. The number of nitrogens with one attached hydrogen (secondary N) is 1. The third kappa shape index (κ3) is 2.30. The van der Waals surface area contributed by atoms with E-state index in [-0.39, 0.29) is 9.80 Å². The number of hydrogen-bond acceptors (Lipinski definition) is 5. The van der Waals surface area contributed by atoms with Gasteiger partial charge in [-0.25, -0.2) is 8.42 Å². The van der Waals surface area contributed by atoms with Crippen LogP contribution in [-0.2, 0) is 9.84 Å². The number of nitriles is 1. The lowest BCUT2D eigenvalue weighted by molar-refractivity contribution is 0.602. The van der Waals surface area contributed by atoms with Gasteiger partial charge in [0.1, 0.15) is 6.07 Å². The summed E-state index contributed by atoms with van der Waals surface area (Å²) in [6.45, 7) is 0.690. The van der Waals surface area contributed by atoms with Gasteiger partial charge in [-0.05, 0) is 12.1 Å². The molecule has 1 heterocycles. The summed E-state index contributed by atoms with van der Waals surface area (Å²) in [6, 6.07) is 9.80. The molecule has 88 valence electrons. The van der Waals surface area contributed by atoms with Gasteiger partial charge in [-0.15, -0.1) is 11.8 Å². The molecule has 1 N–H and O–H groups in total. The Kier molecular flexibility index (Phi) is 3.41. The maximum Gasteiger partial charge on any atom is 0.219 e. The molecule has 1 aliphatic heterocycles. The molecule has 1 saturated heterocycles. The second-order valence-corrected chi connectivity index (χ2v) is 6.35. The van der Waals surface area contributed by atoms with Gasteiger partial charge < -0.3 is 5.32 Å². The first kappa shape index (κ1) is 12.0. The van der Waals surface area contributed by atoms with Crippen LogP contribution in [0.4, 0.5) is 0 Å². The highest BCUT2D eigenvalue weighted by atomic mass is 32.2. The largest absolute Gasteiger partial charge is 0.377 e. The van der Waals surface area contributed by atoms with Crippen LogP contribution in [0.15, 0.2) is 45.2 Å². The van der Waals surface area contributed by atoms with Crippen LogP contribution in [0, 0.1) is 11.3 Å². The van der Waals surface area contributed by atoms with Crippen LogP contribution in [-0.4, -0.2) is 20.7 Å². The second-order valence-electron chi connectivity index (χ2n) is 3.36. The summed E-state index contributed by atoms with van der Waals surface area (Å²) in [6.07, 6.45) is 0. The topological polar surface area (TPSA) is 70.0 Å². The summed E-state index contributed by atoms with van der Waals surface area (Å²) in [5.74, 6) is 0.783. The van der Waals surface area contributed by atoms with Crippen molar-refractivity contribution in [1.82, 2.24) is 5.32 Å². The molecule has 0 atom stereocenters. The van der Waals surface area contributed by atoms with E-state index in [2.05, 4.69) is 5.32 Å². The number of nitrogens with zero attached hydrogens (tertiary/aromatic N) is 1. The summed E-state index contributed by atoms with van der Waals surface area (Å²) >= 11 is 1.36. The monoisotopic (exact) mass is 266 g/mol. The van der Waals surface area contributed by atoms with Gasteiger partial charge >= 0.3 is 0 Å². The average molecular weight is 266 g/mol. The SMILES string of the molecule is N#C/C(=C1/NCCS1)S(=O)(=O)c1ccccc1. The van der Waals surface area contributed by atoms with Gasteiger partial charge in [0.15, 0.2) is 4.91 Å². The standard InChI is InChI=1S/C11H10N2O2S2/c12-8-10(11-13-6-7-16-11)17(14,15)9-4-2-1-3-5-9/h1-5,13H,6-7H2/b11-10+. The van der Waals surface area contributed by atoms with Gasteiger partial charge in [0.05, 0.1) is 9.92 Å². The Hall–Kier alpha value is -1.45. The van der Waals surface area contributed by atoms with Gasteiger partial charge in [0.25, 0.3) is 0 Å². The molecular formula is C11H10N2O2S2. The normalized spacial score (nSPS) is 18.3. The first-order chi connectivity index (χ1) is 8.16. The van der Waals surface area contributed by atoms with Crippen molar-refractivity contribution in [1.29, 1.82) is 5.26 Å². The Labute approximate surface area is 104 Å². The molecule has 0 saturated carbocycles. The lowest BCUT2D eigenvalue weighted by Gasteiger charge is -2.05. The smallest absolute Gasteiger partial charge is 0.219 e. The van der Waals surface area contributed by atoms with Crippen molar-refractivity contribution >= 4 is 21.6 Å². The first-order valence-corrected chi connectivity index (χ1v) is 7.44. The van der Waals surface area contributed by atoms with Crippen LogP contribution in [0.5, 0.6) is 0 Å². The molecule has 0 bridgehead atoms. The fourth-order valence-corrected chi connectivity index (χ4v) is 3.95. The fraction of sp³-hybridized carbons (Fsp3) is 0.182. The van der Waals surface area contributed by atoms with Gasteiger partial charge in [-0.2, -0.15) is 5.26 Å². The van der Waals surface area contributed by atoms with Crippen molar-refractivity contribution in [2.45, 2.75) is 4.90 Å². The van der Waals surface area contributed by atoms with Gasteiger partial charge in [-0.3, -0.25) is 0 Å². The summed E-state index contributed by atoms with van der Waals surface area (Å²) in [5.41, 5.74) is 0. The molecule has 0 radical (unpaired) electrons. The number of hydrogen-bond donors (Lipinski definition) is 1. The van der Waals surface area contributed by atoms with E-state index in [0.29, 0.717) is 11.6 Å². The second kappa shape index (κ2) is 4.82. The Balaban J connectivity index is 2.53. The molecule has 0 spiro atoms. The molecule has 1 aromatic rings. The molecule has 0 unspecified atom stereocenters. The van der Waals surface area contributed by atoms with Gasteiger partial charge in [0.2, 0.25) is 9.84 Å². The summed E-state index contributed by atoms with van der Waals surface area (Å²) < 4.78 is 24.4. The summed E-state index contributed by atoms with van der Waals surface area (Å²) in [4.78, 5) is -0.0375. The molecule has 0 aromatic heterocycles. The number of benzene rings is 1. The van der Waals surface area contributed by atoms with E-state index in [0.717, 1.165) is 5.75 Å². The molecule has 2 rings (SSSR count). The molecule has 6 heteroatoms. The Morgan fingerprint density at radius 2 is 2.06 bits per heavy atom.